The fourth-order valence-electron chi connectivity index (χ4n) is 3.60. The van der Waals surface area contributed by atoms with Gasteiger partial charge in [0.2, 0.25) is 0 Å². The van der Waals surface area contributed by atoms with Crippen molar-refractivity contribution in [1.82, 2.24) is 9.55 Å². The number of methoxy groups -OCH3 is 1. The van der Waals surface area contributed by atoms with Crippen LogP contribution in [0.4, 0.5) is 0 Å². The molecule has 5 nitrogen and oxygen atoms in total. The number of aryl methyl sites for hydroxylation is 2. The molecule has 2 atom stereocenters. The van der Waals surface area contributed by atoms with Crippen LogP contribution in [0.3, 0.4) is 0 Å². The van der Waals surface area contributed by atoms with Crippen LogP contribution in [0.2, 0.25) is 0 Å². The number of aromatic nitrogens is 2. The van der Waals surface area contributed by atoms with Crippen LogP contribution >= 0.6 is 11.8 Å². The van der Waals surface area contributed by atoms with Crippen molar-refractivity contribution < 1.29 is 14.2 Å². The summed E-state index contributed by atoms with van der Waals surface area (Å²) in [5, 5.41) is 0. The summed E-state index contributed by atoms with van der Waals surface area (Å²) >= 11 is 1.78. The largest absolute Gasteiger partial charge is 0.497 e. The first-order valence-electron chi connectivity index (χ1n) is 10.2. The first-order chi connectivity index (χ1) is 14.6. The zero-order chi connectivity index (χ0) is 20.8. The number of hydrogen-bond donors (Lipinski definition) is 0. The van der Waals surface area contributed by atoms with E-state index in [9.17, 15) is 0 Å². The average Bonchev–Trinajstić information content (AvgIpc) is 3.43. The highest BCUT2D eigenvalue weighted by Gasteiger charge is 2.41. The molecule has 1 aliphatic heterocycles. The van der Waals surface area contributed by atoms with Gasteiger partial charge in [-0.2, -0.15) is 0 Å². The van der Waals surface area contributed by atoms with Gasteiger partial charge >= 0.3 is 0 Å². The first kappa shape index (κ1) is 21.0. The fourth-order valence-corrected chi connectivity index (χ4v) is 4.47. The Morgan fingerprint density at radius 1 is 1.17 bits per heavy atom. The third-order valence-electron chi connectivity index (χ3n) is 5.31. The molecule has 3 aromatic rings. The van der Waals surface area contributed by atoms with Gasteiger partial charge in [0, 0.05) is 29.5 Å². The third-order valence-corrected chi connectivity index (χ3v) is 6.45. The number of thioether (sulfide) groups is 1. The van der Waals surface area contributed by atoms with Crippen LogP contribution in [0.1, 0.15) is 17.5 Å². The van der Waals surface area contributed by atoms with Crippen molar-refractivity contribution in [2.75, 3.05) is 19.5 Å². The van der Waals surface area contributed by atoms with E-state index in [1.165, 1.54) is 16.0 Å². The molecule has 2 unspecified atom stereocenters. The van der Waals surface area contributed by atoms with Gasteiger partial charge in [-0.15, -0.1) is 11.8 Å². The Kier molecular flexibility index (Phi) is 6.77. The molecule has 158 valence electrons. The van der Waals surface area contributed by atoms with Crippen molar-refractivity contribution in [2.45, 2.75) is 43.1 Å². The van der Waals surface area contributed by atoms with Crippen LogP contribution in [0.15, 0.2) is 72.1 Å². The summed E-state index contributed by atoms with van der Waals surface area (Å²) in [6, 6.07) is 16.8. The smallest absolute Gasteiger partial charge is 0.187 e. The van der Waals surface area contributed by atoms with Crippen molar-refractivity contribution in [2.24, 2.45) is 0 Å². The number of imidazole rings is 1. The van der Waals surface area contributed by atoms with E-state index < -0.39 is 5.79 Å². The minimum Gasteiger partial charge on any atom is -0.497 e. The first-order valence-corrected chi connectivity index (χ1v) is 11.2. The molecule has 0 N–H and O–H groups in total. The Morgan fingerprint density at radius 3 is 2.67 bits per heavy atom. The Morgan fingerprint density at radius 2 is 1.97 bits per heavy atom. The molecule has 6 heteroatoms. The molecule has 30 heavy (non-hydrogen) atoms. The summed E-state index contributed by atoms with van der Waals surface area (Å²) in [7, 11) is 1.68. The minimum atomic E-state index is -0.628. The second-order valence-corrected chi connectivity index (χ2v) is 8.76. The molecule has 1 aliphatic rings. The number of benzene rings is 2. The van der Waals surface area contributed by atoms with Crippen LogP contribution < -0.4 is 4.74 Å². The van der Waals surface area contributed by atoms with Gasteiger partial charge in [-0.05, 0) is 43.2 Å². The topological polar surface area (TPSA) is 45.5 Å². The molecule has 0 spiro atoms. The summed E-state index contributed by atoms with van der Waals surface area (Å²) in [6.07, 6.45) is 7.34. The quantitative estimate of drug-likeness (QED) is 0.465. The van der Waals surface area contributed by atoms with Crippen molar-refractivity contribution in [3.8, 4) is 5.75 Å². The van der Waals surface area contributed by atoms with Gasteiger partial charge in [-0.25, -0.2) is 4.98 Å². The second-order valence-electron chi connectivity index (χ2n) is 7.67. The van der Waals surface area contributed by atoms with Crippen molar-refractivity contribution in [3.63, 3.8) is 0 Å². The Bertz CT molecular complexity index is 913. The average molecular weight is 425 g/mol. The van der Waals surface area contributed by atoms with E-state index in [1.54, 1.807) is 25.1 Å². The lowest BCUT2D eigenvalue weighted by Gasteiger charge is -2.28. The number of rotatable bonds is 9. The molecular formula is C24H28N2O3S. The molecule has 1 saturated heterocycles. The van der Waals surface area contributed by atoms with E-state index >= 15 is 0 Å². The monoisotopic (exact) mass is 424 g/mol. The van der Waals surface area contributed by atoms with E-state index in [4.69, 9.17) is 14.2 Å². The Balaban J connectivity index is 1.39. The molecule has 0 bridgehead atoms. The van der Waals surface area contributed by atoms with Gasteiger partial charge in [0.25, 0.3) is 0 Å². The summed E-state index contributed by atoms with van der Waals surface area (Å²) in [4.78, 5) is 5.37. The fraction of sp³-hybridized carbons (Fsp3) is 0.375. The molecule has 0 radical (unpaired) electrons. The van der Waals surface area contributed by atoms with E-state index in [0.29, 0.717) is 13.2 Å². The Hall–Kier alpha value is -2.28. The number of nitrogens with zero attached hydrogens (tertiary/aromatic N) is 2. The zero-order valence-corrected chi connectivity index (χ0v) is 18.3. The highest BCUT2D eigenvalue weighted by Crippen LogP contribution is 2.33. The summed E-state index contributed by atoms with van der Waals surface area (Å²) in [6.45, 7) is 3.35. The van der Waals surface area contributed by atoms with Gasteiger partial charge in [0.1, 0.15) is 5.75 Å². The predicted molar refractivity (Wildman–Crippen MR) is 119 cm³/mol. The van der Waals surface area contributed by atoms with Gasteiger partial charge in [-0.3, -0.25) is 0 Å². The Labute approximate surface area is 182 Å². The van der Waals surface area contributed by atoms with Gasteiger partial charge < -0.3 is 18.8 Å². The molecule has 1 aromatic heterocycles. The standard InChI is InChI=1S/C24H28N2O3S/c1-19-3-5-20(6-4-19)11-12-24(17-26-14-13-25-18-26)28-15-22(29-24)16-30-23-9-7-21(27-2)8-10-23/h3-10,13-14,18,22H,11-12,15-17H2,1-2H3. The summed E-state index contributed by atoms with van der Waals surface area (Å²) in [5.41, 5.74) is 2.57. The SMILES string of the molecule is COc1ccc(SCC2COC(CCc3ccc(C)cc3)(Cn3ccnc3)O2)cc1. The predicted octanol–water partition coefficient (Wildman–Crippen LogP) is 4.74. The number of ether oxygens (including phenoxy) is 3. The van der Waals surface area contributed by atoms with E-state index in [-0.39, 0.29) is 6.10 Å². The third kappa shape index (κ3) is 5.45. The molecule has 1 fully saturated rings. The van der Waals surface area contributed by atoms with Crippen LogP contribution in [-0.2, 0) is 22.4 Å². The zero-order valence-electron chi connectivity index (χ0n) is 17.5. The molecule has 2 heterocycles. The lowest BCUT2D eigenvalue weighted by atomic mass is 10.0. The van der Waals surface area contributed by atoms with Crippen LogP contribution in [0.25, 0.3) is 0 Å². The highest BCUT2D eigenvalue weighted by molar-refractivity contribution is 7.99. The lowest BCUT2D eigenvalue weighted by Crippen LogP contribution is -2.37. The highest BCUT2D eigenvalue weighted by atomic mass is 32.2. The molecule has 2 aromatic carbocycles. The maximum Gasteiger partial charge on any atom is 0.187 e. The lowest BCUT2D eigenvalue weighted by molar-refractivity contribution is -0.180. The van der Waals surface area contributed by atoms with Gasteiger partial charge in [-0.1, -0.05) is 29.8 Å². The molecular weight excluding hydrogens is 396 g/mol. The second kappa shape index (κ2) is 9.69. The van der Waals surface area contributed by atoms with Crippen molar-refractivity contribution >= 4 is 11.8 Å². The van der Waals surface area contributed by atoms with Crippen molar-refractivity contribution in [1.29, 1.82) is 0 Å². The summed E-state index contributed by atoms with van der Waals surface area (Å²) < 4.78 is 20.1. The van der Waals surface area contributed by atoms with Gasteiger partial charge in [0.05, 0.1) is 32.7 Å². The molecule has 4 rings (SSSR count). The maximum atomic E-state index is 6.52. The van der Waals surface area contributed by atoms with Crippen LogP contribution in [0.5, 0.6) is 5.75 Å². The molecule has 0 amide bonds. The van der Waals surface area contributed by atoms with Crippen LogP contribution in [-0.4, -0.2) is 40.9 Å². The minimum absolute atomic E-state index is 0.0543. The molecule has 0 saturated carbocycles. The van der Waals surface area contributed by atoms with E-state index in [1.807, 2.05) is 29.2 Å². The summed E-state index contributed by atoms with van der Waals surface area (Å²) in [5.74, 6) is 1.09. The normalized spacial score (nSPS) is 21.1. The van der Waals surface area contributed by atoms with E-state index in [0.717, 1.165) is 24.3 Å². The maximum absolute atomic E-state index is 6.52. The number of hydrogen-bond acceptors (Lipinski definition) is 5. The van der Waals surface area contributed by atoms with E-state index in [2.05, 4.69) is 48.3 Å². The molecule has 0 aliphatic carbocycles. The van der Waals surface area contributed by atoms with Crippen LogP contribution in [0, 0.1) is 6.92 Å². The van der Waals surface area contributed by atoms with Gasteiger partial charge in [0.15, 0.2) is 5.79 Å². The van der Waals surface area contributed by atoms with Crippen molar-refractivity contribution in [3.05, 3.63) is 78.4 Å².